The molecule has 0 rings (SSSR count). The summed E-state index contributed by atoms with van der Waals surface area (Å²) in [6, 6.07) is 0. The van der Waals surface area contributed by atoms with Crippen molar-refractivity contribution in [2.24, 2.45) is 16.5 Å². The monoisotopic (exact) mass is 236 g/mol. The first kappa shape index (κ1) is 15.9. The molecular weight excluding hydrogens is 220 g/mol. The number of guanidine groups is 1. The number of thiocarbonyl (C=S) groups is 1. The molecule has 0 atom stereocenters. The molecule has 0 aromatic rings. The van der Waals surface area contributed by atoms with E-state index in [1.807, 2.05) is 0 Å². The number of rotatable bonds is 3. The Kier molecular flexibility index (Phi) is 11.1. The topological polar surface area (TPSA) is 134 Å². The van der Waals surface area contributed by atoms with Gasteiger partial charge in [0.15, 0.2) is 11.1 Å². The van der Waals surface area contributed by atoms with E-state index in [9.17, 15) is 0 Å². The van der Waals surface area contributed by atoms with Gasteiger partial charge >= 0.3 is 6.16 Å². The molecule has 0 radical (unpaired) electrons. The lowest BCUT2D eigenvalue weighted by Gasteiger charge is -2.01. The lowest BCUT2D eigenvalue weighted by Crippen LogP contribution is -2.28. The molecule has 0 fully saturated rings. The predicted octanol–water partition coefficient (Wildman–Crippen LogP) is 0.157. The Bertz CT molecular complexity index is 224. The summed E-state index contributed by atoms with van der Waals surface area (Å²) in [5.41, 5.74) is 10.2. The van der Waals surface area contributed by atoms with Gasteiger partial charge < -0.3 is 27.0 Å². The molecule has 0 aromatic heterocycles. The van der Waals surface area contributed by atoms with Gasteiger partial charge in [0.2, 0.25) is 0 Å². The molecule has 7 nitrogen and oxygen atoms in total. The number of carboxylic acid groups (broad SMARTS) is 2. The maximum absolute atomic E-state index is 8.56. The lowest BCUT2D eigenvalue weighted by molar-refractivity contribution is 0.137. The van der Waals surface area contributed by atoms with E-state index in [-0.39, 0.29) is 5.96 Å². The van der Waals surface area contributed by atoms with E-state index in [1.165, 1.54) is 0 Å². The van der Waals surface area contributed by atoms with Crippen LogP contribution in [0.3, 0.4) is 0 Å². The number of nitrogens with zero attached hydrogens (tertiary/aromatic N) is 1. The van der Waals surface area contributed by atoms with Crippen molar-refractivity contribution in [1.82, 2.24) is 5.32 Å². The summed E-state index contributed by atoms with van der Waals surface area (Å²) in [5.74, 6) is -0.000927. The fraction of sp³-hybridized carbons (Fsp3) is 0.571. The quantitative estimate of drug-likeness (QED) is 0.204. The minimum absolute atomic E-state index is 0.000927. The Hall–Kier alpha value is -1.57. The molecule has 0 aliphatic rings. The van der Waals surface area contributed by atoms with Gasteiger partial charge in [-0.05, 0) is 18.6 Å². The normalized spacial score (nSPS) is 8.07. The summed E-state index contributed by atoms with van der Waals surface area (Å²) in [5, 5.41) is 17.2. The highest BCUT2D eigenvalue weighted by molar-refractivity contribution is 7.80. The van der Waals surface area contributed by atoms with Gasteiger partial charge in [-0.2, -0.15) is 4.99 Å². The molecule has 0 bridgehead atoms. The molecule has 15 heavy (non-hydrogen) atoms. The molecule has 0 aliphatic heterocycles. The molecule has 88 valence electrons. The number of hydrogen-bond donors (Lipinski definition) is 5. The van der Waals surface area contributed by atoms with Crippen LogP contribution < -0.4 is 16.8 Å². The van der Waals surface area contributed by atoms with Crippen LogP contribution in [0.2, 0.25) is 0 Å². The van der Waals surface area contributed by atoms with Crippen LogP contribution in [0.1, 0.15) is 19.8 Å². The molecule has 0 unspecified atom stereocenters. The van der Waals surface area contributed by atoms with Crippen LogP contribution in [-0.4, -0.2) is 34.0 Å². The average Bonchev–Trinajstić information content (AvgIpc) is 2.02. The Morgan fingerprint density at radius 3 is 2.27 bits per heavy atom. The lowest BCUT2D eigenvalue weighted by atomic mass is 10.3. The van der Waals surface area contributed by atoms with Crippen molar-refractivity contribution in [3.8, 4) is 0 Å². The second-order valence-corrected chi connectivity index (χ2v) is 2.79. The Balaban J connectivity index is 0. The Morgan fingerprint density at radius 1 is 1.47 bits per heavy atom. The number of aliphatic imine (C=N–C) groups is 1. The number of unbranched alkanes of at least 4 members (excludes halogenated alkanes) is 1. The van der Waals surface area contributed by atoms with Crippen LogP contribution in [0.4, 0.5) is 4.79 Å². The van der Waals surface area contributed by atoms with E-state index in [0.717, 1.165) is 19.4 Å². The molecule has 0 saturated carbocycles. The predicted molar refractivity (Wildman–Crippen MR) is 62.0 cm³/mol. The van der Waals surface area contributed by atoms with Crippen molar-refractivity contribution in [3.05, 3.63) is 0 Å². The van der Waals surface area contributed by atoms with Crippen molar-refractivity contribution in [1.29, 1.82) is 0 Å². The third-order valence-corrected chi connectivity index (χ3v) is 1.27. The maximum Gasteiger partial charge on any atom is 0.503 e. The second kappa shape index (κ2) is 10.5. The van der Waals surface area contributed by atoms with Crippen LogP contribution in [0, 0.1) is 0 Å². The Labute approximate surface area is 93.2 Å². The van der Waals surface area contributed by atoms with Crippen LogP contribution in [0.5, 0.6) is 0 Å². The first-order valence-electron chi connectivity index (χ1n) is 4.19. The van der Waals surface area contributed by atoms with E-state index in [2.05, 4.69) is 17.2 Å². The number of carbonyl (C=O) groups is 1. The molecule has 0 saturated heterocycles. The highest BCUT2D eigenvalue weighted by Gasteiger charge is 1.90. The zero-order valence-electron chi connectivity index (χ0n) is 8.43. The summed E-state index contributed by atoms with van der Waals surface area (Å²) in [4.78, 5) is 12.2. The molecule has 0 spiro atoms. The Morgan fingerprint density at radius 2 is 1.93 bits per heavy atom. The number of nitrogens with two attached hydrogens (primary N) is 2. The van der Waals surface area contributed by atoms with Crippen LogP contribution >= 0.6 is 12.2 Å². The zero-order chi connectivity index (χ0) is 12.3. The number of nitrogens with one attached hydrogen (secondary N) is 1. The zero-order valence-corrected chi connectivity index (χ0v) is 9.25. The smallest absolute Gasteiger partial charge is 0.450 e. The molecular formula is C7H16N4O3S. The van der Waals surface area contributed by atoms with Gasteiger partial charge in [-0.3, -0.25) is 0 Å². The third-order valence-electron chi connectivity index (χ3n) is 1.04. The molecule has 0 amide bonds. The molecule has 0 heterocycles. The van der Waals surface area contributed by atoms with E-state index >= 15 is 0 Å². The van der Waals surface area contributed by atoms with Gasteiger partial charge in [-0.15, -0.1) is 0 Å². The summed E-state index contributed by atoms with van der Waals surface area (Å²) in [6.45, 7) is 2.93. The fourth-order valence-electron chi connectivity index (χ4n) is 0.529. The van der Waals surface area contributed by atoms with Crippen LogP contribution in [0.25, 0.3) is 0 Å². The van der Waals surface area contributed by atoms with Crippen LogP contribution in [-0.2, 0) is 0 Å². The number of hydrogen-bond acceptors (Lipinski definition) is 2. The van der Waals surface area contributed by atoms with Crippen molar-refractivity contribution >= 4 is 29.4 Å². The van der Waals surface area contributed by atoms with Crippen molar-refractivity contribution in [2.75, 3.05) is 6.54 Å². The van der Waals surface area contributed by atoms with E-state index in [0.29, 0.717) is 5.11 Å². The SMILES string of the molecule is CCCCNC(=S)N=C(N)N.O=C(O)O. The largest absolute Gasteiger partial charge is 0.503 e. The van der Waals surface area contributed by atoms with Gasteiger partial charge in [0.25, 0.3) is 0 Å². The van der Waals surface area contributed by atoms with Gasteiger partial charge in [0.1, 0.15) is 0 Å². The molecule has 0 aromatic carbocycles. The molecule has 0 aliphatic carbocycles. The van der Waals surface area contributed by atoms with Gasteiger partial charge in [-0.25, -0.2) is 4.79 Å². The summed E-state index contributed by atoms with van der Waals surface area (Å²) in [7, 11) is 0. The highest BCUT2D eigenvalue weighted by Crippen LogP contribution is 1.83. The van der Waals surface area contributed by atoms with Gasteiger partial charge in [-0.1, -0.05) is 13.3 Å². The van der Waals surface area contributed by atoms with Gasteiger partial charge in [0, 0.05) is 6.54 Å². The van der Waals surface area contributed by atoms with Crippen molar-refractivity contribution in [3.63, 3.8) is 0 Å². The van der Waals surface area contributed by atoms with Crippen molar-refractivity contribution < 1.29 is 15.0 Å². The fourth-order valence-corrected chi connectivity index (χ4v) is 0.736. The minimum Gasteiger partial charge on any atom is -0.450 e. The standard InChI is InChI=1S/C6H14N4S.CH2O3/c1-2-3-4-9-6(11)10-5(7)8;2-1(3)4/h2-4H2,1H3,(H5,7,8,9,10,11);(H2,2,3,4). The summed E-state index contributed by atoms with van der Waals surface area (Å²) < 4.78 is 0. The second-order valence-electron chi connectivity index (χ2n) is 2.40. The molecule has 7 N–H and O–H groups in total. The maximum atomic E-state index is 8.56. The third kappa shape index (κ3) is 24.5. The average molecular weight is 236 g/mol. The molecule has 8 heteroatoms. The summed E-state index contributed by atoms with van der Waals surface area (Å²) >= 11 is 4.78. The van der Waals surface area contributed by atoms with E-state index in [4.69, 9.17) is 38.7 Å². The first-order chi connectivity index (χ1) is 6.90. The van der Waals surface area contributed by atoms with E-state index in [1.54, 1.807) is 0 Å². The van der Waals surface area contributed by atoms with Crippen molar-refractivity contribution in [2.45, 2.75) is 19.8 Å². The highest BCUT2D eigenvalue weighted by atomic mass is 32.1. The first-order valence-corrected chi connectivity index (χ1v) is 4.60. The summed E-state index contributed by atoms with van der Waals surface area (Å²) in [6.07, 6.45) is 0.359. The van der Waals surface area contributed by atoms with Crippen LogP contribution in [0.15, 0.2) is 4.99 Å². The van der Waals surface area contributed by atoms with E-state index < -0.39 is 6.16 Å². The van der Waals surface area contributed by atoms with Gasteiger partial charge in [0.05, 0.1) is 0 Å². The minimum atomic E-state index is -1.83.